The van der Waals surface area contributed by atoms with E-state index in [2.05, 4.69) is 31.2 Å². The van der Waals surface area contributed by atoms with Crippen LogP contribution in [0.1, 0.15) is 6.92 Å². The molecule has 0 aromatic heterocycles. The molecule has 0 aliphatic heterocycles. The molecular weight excluding hydrogens is 214 g/mol. The first-order valence-corrected chi connectivity index (χ1v) is 5.83. The summed E-state index contributed by atoms with van der Waals surface area (Å²) in [7, 11) is 4.01. The van der Waals surface area contributed by atoms with E-state index in [1.807, 2.05) is 44.1 Å². The SMILES string of the molecule is C=C=C/C(=C\C=C)SC(/C=C\C)=C/N(C)C. The van der Waals surface area contributed by atoms with E-state index in [0.29, 0.717) is 0 Å². The standard InChI is InChI=1S/C14H19NS/c1-6-9-13(10-7-2)16-14(11-8-3)12-15(4)5/h6,8-12H,1-2H2,3-5H3/b11-8-,13-9+,14-12+. The van der Waals surface area contributed by atoms with Crippen LogP contribution in [0.15, 0.2) is 65.3 Å². The van der Waals surface area contributed by atoms with E-state index in [9.17, 15) is 0 Å². The zero-order valence-corrected chi connectivity index (χ0v) is 11.1. The van der Waals surface area contributed by atoms with Crippen LogP contribution in [0.5, 0.6) is 0 Å². The third-order valence-corrected chi connectivity index (χ3v) is 2.45. The van der Waals surface area contributed by atoms with E-state index in [4.69, 9.17) is 0 Å². The summed E-state index contributed by atoms with van der Waals surface area (Å²) < 4.78 is 0. The third-order valence-electron chi connectivity index (χ3n) is 1.48. The third kappa shape index (κ3) is 6.99. The van der Waals surface area contributed by atoms with Gasteiger partial charge in [-0.3, -0.25) is 0 Å². The highest BCUT2D eigenvalue weighted by molar-refractivity contribution is 8.07. The van der Waals surface area contributed by atoms with Gasteiger partial charge in [0.25, 0.3) is 0 Å². The number of allylic oxidation sites excluding steroid dienone is 5. The maximum atomic E-state index is 3.69. The van der Waals surface area contributed by atoms with Crippen LogP contribution >= 0.6 is 11.8 Å². The lowest BCUT2D eigenvalue weighted by atomic mass is 10.4. The van der Waals surface area contributed by atoms with Crippen molar-refractivity contribution in [3.8, 4) is 0 Å². The zero-order valence-electron chi connectivity index (χ0n) is 10.2. The summed E-state index contributed by atoms with van der Waals surface area (Å²) in [5.41, 5.74) is 2.78. The quantitative estimate of drug-likeness (QED) is 0.502. The van der Waals surface area contributed by atoms with Gasteiger partial charge in [-0.2, -0.15) is 0 Å². The molecule has 0 aromatic carbocycles. The molecule has 0 spiro atoms. The smallest absolute Gasteiger partial charge is 0.0277 e. The Labute approximate surface area is 103 Å². The lowest BCUT2D eigenvalue weighted by Gasteiger charge is -2.08. The first-order valence-electron chi connectivity index (χ1n) is 5.01. The van der Waals surface area contributed by atoms with Crippen molar-refractivity contribution in [1.82, 2.24) is 4.90 Å². The highest BCUT2D eigenvalue weighted by Crippen LogP contribution is 2.27. The molecule has 0 radical (unpaired) electrons. The average molecular weight is 233 g/mol. The van der Waals surface area contributed by atoms with Crippen molar-refractivity contribution in [1.29, 1.82) is 0 Å². The molecular formula is C14H19NS. The van der Waals surface area contributed by atoms with Gasteiger partial charge in [-0.25, -0.2) is 0 Å². The Hall–Kier alpha value is -1.37. The van der Waals surface area contributed by atoms with Crippen molar-refractivity contribution in [3.05, 3.63) is 65.3 Å². The fraction of sp³-hybridized carbons (Fsp3) is 0.214. The summed E-state index contributed by atoms with van der Waals surface area (Å²) in [6.45, 7) is 9.28. The van der Waals surface area contributed by atoms with Crippen LogP contribution in [0.4, 0.5) is 0 Å². The van der Waals surface area contributed by atoms with Crippen LogP contribution in [-0.2, 0) is 0 Å². The molecule has 0 fully saturated rings. The minimum Gasteiger partial charge on any atom is -0.383 e. The number of rotatable bonds is 6. The van der Waals surface area contributed by atoms with Crippen LogP contribution in [0.3, 0.4) is 0 Å². The molecule has 0 aliphatic rings. The number of thioether (sulfide) groups is 1. The lowest BCUT2D eigenvalue weighted by Crippen LogP contribution is -2.01. The van der Waals surface area contributed by atoms with Gasteiger partial charge in [0.2, 0.25) is 0 Å². The van der Waals surface area contributed by atoms with Crippen molar-refractivity contribution in [2.75, 3.05) is 14.1 Å². The Kier molecular flexibility index (Phi) is 8.14. The molecule has 2 heteroatoms. The van der Waals surface area contributed by atoms with Gasteiger partial charge >= 0.3 is 0 Å². The second-order valence-corrected chi connectivity index (χ2v) is 4.40. The first kappa shape index (κ1) is 14.6. The van der Waals surface area contributed by atoms with E-state index in [1.54, 1.807) is 17.8 Å². The topological polar surface area (TPSA) is 3.24 Å². The molecule has 0 N–H and O–H groups in total. The molecule has 0 saturated heterocycles. The minimum absolute atomic E-state index is 1.07. The number of nitrogens with zero attached hydrogens (tertiary/aromatic N) is 1. The summed E-state index contributed by atoms with van der Waals surface area (Å²) in [5.74, 6) is 0. The monoisotopic (exact) mass is 233 g/mol. The molecule has 0 saturated carbocycles. The van der Waals surface area contributed by atoms with Crippen LogP contribution in [0.2, 0.25) is 0 Å². The molecule has 86 valence electrons. The average Bonchev–Trinajstić information content (AvgIpc) is 2.17. The maximum absolute atomic E-state index is 3.69. The zero-order chi connectivity index (χ0) is 12.4. The molecule has 16 heavy (non-hydrogen) atoms. The molecule has 0 aliphatic carbocycles. The second kappa shape index (κ2) is 8.90. The van der Waals surface area contributed by atoms with E-state index >= 15 is 0 Å². The van der Waals surface area contributed by atoms with E-state index in [1.165, 1.54) is 0 Å². The molecule has 1 nitrogen and oxygen atoms in total. The van der Waals surface area contributed by atoms with Gasteiger partial charge in [-0.15, -0.1) is 5.73 Å². The Morgan fingerprint density at radius 1 is 1.31 bits per heavy atom. The van der Waals surface area contributed by atoms with E-state index in [0.717, 1.165) is 9.81 Å². The molecule has 0 bridgehead atoms. The van der Waals surface area contributed by atoms with Gasteiger partial charge < -0.3 is 4.90 Å². The summed E-state index contributed by atoms with van der Waals surface area (Å²) in [4.78, 5) is 4.24. The van der Waals surface area contributed by atoms with Crippen molar-refractivity contribution < 1.29 is 0 Å². The van der Waals surface area contributed by atoms with Crippen LogP contribution in [-0.4, -0.2) is 19.0 Å². The molecule has 0 aromatic rings. The molecule has 0 atom stereocenters. The van der Waals surface area contributed by atoms with Gasteiger partial charge in [-0.1, -0.05) is 43.1 Å². The van der Waals surface area contributed by atoms with Gasteiger partial charge in [0, 0.05) is 30.1 Å². The van der Waals surface area contributed by atoms with Crippen LogP contribution in [0, 0.1) is 0 Å². The highest BCUT2D eigenvalue weighted by Gasteiger charge is 1.97. The van der Waals surface area contributed by atoms with E-state index in [-0.39, 0.29) is 0 Å². The maximum Gasteiger partial charge on any atom is 0.0277 e. The Bertz CT molecular complexity index is 353. The number of hydrogen-bond donors (Lipinski definition) is 0. The second-order valence-electron chi connectivity index (χ2n) is 3.25. The predicted octanol–water partition coefficient (Wildman–Crippen LogP) is 4.11. The Balaban J connectivity index is 4.91. The summed E-state index contributed by atoms with van der Waals surface area (Å²) >= 11 is 1.66. The molecule has 0 unspecified atom stereocenters. The predicted molar refractivity (Wildman–Crippen MR) is 76.2 cm³/mol. The van der Waals surface area contributed by atoms with Crippen LogP contribution in [0.25, 0.3) is 0 Å². The van der Waals surface area contributed by atoms with Crippen molar-refractivity contribution >= 4 is 11.8 Å². The van der Waals surface area contributed by atoms with Gasteiger partial charge in [-0.05, 0) is 19.1 Å². The normalized spacial score (nSPS) is 12.4. The first-order chi connectivity index (χ1) is 7.63. The molecule has 0 amide bonds. The fourth-order valence-corrected chi connectivity index (χ4v) is 2.03. The molecule has 0 heterocycles. The van der Waals surface area contributed by atoms with Crippen molar-refractivity contribution in [3.63, 3.8) is 0 Å². The largest absolute Gasteiger partial charge is 0.383 e. The number of hydrogen-bond acceptors (Lipinski definition) is 2. The van der Waals surface area contributed by atoms with Gasteiger partial charge in [0.1, 0.15) is 0 Å². The summed E-state index contributed by atoms with van der Waals surface area (Å²) in [6, 6.07) is 0. The van der Waals surface area contributed by atoms with Gasteiger partial charge in [0.05, 0.1) is 0 Å². The Morgan fingerprint density at radius 2 is 2.00 bits per heavy atom. The fourth-order valence-electron chi connectivity index (χ4n) is 0.987. The van der Waals surface area contributed by atoms with Crippen molar-refractivity contribution in [2.45, 2.75) is 6.92 Å². The van der Waals surface area contributed by atoms with Crippen molar-refractivity contribution in [2.24, 2.45) is 0 Å². The highest BCUT2D eigenvalue weighted by atomic mass is 32.2. The summed E-state index contributed by atoms with van der Waals surface area (Å²) in [6.07, 6.45) is 11.7. The lowest BCUT2D eigenvalue weighted by molar-refractivity contribution is 0.563. The molecule has 0 rings (SSSR count). The summed E-state index contributed by atoms with van der Waals surface area (Å²) in [5, 5.41) is 0. The van der Waals surface area contributed by atoms with Crippen LogP contribution < -0.4 is 0 Å². The van der Waals surface area contributed by atoms with E-state index < -0.39 is 0 Å². The van der Waals surface area contributed by atoms with Gasteiger partial charge in [0.15, 0.2) is 0 Å². The Morgan fingerprint density at radius 3 is 2.44 bits per heavy atom. The minimum atomic E-state index is 1.07.